The third-order valence-electron chi connectivity index (χ3n) is 9.48. The van der Waals surface area contributed by atoms with Crippen molar-refractivity contribution in [3.63, 3.8) is 0 Å². The topological polar surface area (TPSA) is 102 Å². The molecule has 2 heterocycles. The van der Waals surface area contributed by atoms with Gasteiger partial charge < -0.3 is 10.2 Å². The number of aliphatic hydroxyl groups is 2. The van der Waals surface area contributed by atoms with Crippen LogP contribution in [0.1, 0.15) is 87.4 Å². The fourth-order valence-corrected chi connectivity index (χ4v) is 7.52. The second-order valence-corrected chi connectivity index (χ2v) is 13.2. The number of hydrogen-bond donors (Lipinski definition) is 2. The van der Waals surface area contributed by atoms with Crippen LogP contribution in [0.25, 0.3) is 11.1 Å². The average Bonchev–Trinajstić information content (AvgIpc) is 3.73. The maximum absolute atomic E-state index is 11.7. The number of halogens is 1. The smallest absolute Gasteiger partial charge is 0.137 e. The maximum Gasteiger partial charge on any atom is 0.137 e. The summed E-state index contributed by atoms with van der Waals surface area (Å²) < 4.78 is 4.64. The van der Waals surface area contributed by atoms with Crippen LogP contribution in [0.5, 0.6) is 0 Å². The molecular formula is C36H41BrN6O2. The molecule has 0 radical (unpaired) electrons. The van der Waals surface area contributed by atoms with Crippen molar-refractivity contribution in [1.82, 2.24) is 29.5 Å². The first-order valence-electron chi connectivity index (χ1n) is 16.0. The molecule has 0 bridgehead atoms. The number of aromatic nitrogens is 6. The van der Waals surface area contributed by atoms with Gasteiger partial charge in [-0.3, -0.25) is 0 Å². The van der Waals surface area contributed by atoms with E-state index in [1.807, 2.05) is 64.0 Å². The van der Waals surface area contributed by atoms with E-state index in [4.69, 9.17) is 0 Å². The molecule has 5 aromatic rings. The van der Waals surface area contributed by atoms with Crippen molar-refractivity contribution >= 4 is 15.9 Å². The molecule has 8 nitrogen and oxygen atoms in total. The van der Waals surface area contributed by atoms with Crippen molar-refractivity contribution in [3.8, 4) is 11.1 Å². The molecular weight excluding hydrogens is 628 g/mol. The van der Waals surface area contributed by atoms with Gasteiger partial charge in [0.15, 0.2) is 0 Å². The Labute approximate surface area is 273 Å². The van der Waals surface area contributed by atoms with E-state index in [0.29, 0.717) is 0 Å². The fraction of sp³-hybridized carbons (Fsp3) is 0.389. The van der Waals surface area contributed by atoms with Crippen LogP contribution in [0.4, 0.5) is 0 Å². The predicted molar refractivity (Wildman–Crippen MR) is 178 cm³/mol. The van der Waals surface area contributed by atoms with E-state index >= 15 is 0 Å². The Morgan fingerprint density at radius 2 is 1.13 bits per heavy atom. The van der Waals surface area contributed by atoms with E-state index in [-0.39, 0.29) is 12.1 Å². The van der Waals surface area contributed by atoms with E-state index < -0.39 is 11.2 Å². The molecule has 0 spiro atoms. The molecule has 2 N–H and O–H groups in total. The van der Waals surface area contributed by atoms with Gasteiger partial charge in [0.05, 0.1) is 12.1 Å². The monoisotopic (exact) mass is 668 g/mol. The Balaban J connectivity index is 0.000000163. The van der Waals surface area contributed by atoms with Crippen molar-refractivity contribution in [2.45, 2.75) is 87.5 Å². The zero-order valence-corrected chi connectivity index (χ0v) is 27.1. The molecule has 7 rings (SSSR count). The zero-order valence-electron chi connectivity index (χ0n) is 25.5. The Morgan fingerprint density at radius 1 is 0.600 bits per heavy atom. The highest BCUT2D eigenvalue weighted by Gasteiger charge is 2.42. The van der Waals surface area contributed by atoms with Crippen molar-refractivity contribution in [1.29, 1.82) is 0 Å². The van der Waals surface area contributed by atoms with Crippen LogP contribution in [-0.4, -0.2) is 39.7 Å². The van der Waals surface area contributed by atoms with Gasteiger partial charge in [0.1, 0.15) is 36.5 Å². The van der Waals surface area contributed by atoms with Crippen LogP contribution in [0, 0.1) is 0 Å². The van der Waals surface area contributed by atoms with Crippen LogP contribution < -0.4 is 0 Å². The molecule has 3 aromatic carbocycles. The molecule has 2 aromatic heterocycles. The molecule has 4 unspecified atom stereocenters. The Hall–Kier alpha value is -3.66. The average molecular weight is 670 g/mol. The lowest BCUT2D eigenvalue weighted by Crippen LogP contribution is -2.36. The first kappa shape index (κ1) is 31.3. The van der Waals surface area contributed by atoms with Gasteiger partial charge in [-0.05, 0) is 66.1 Å². The minimum absolute atomic E-state index is 0.0539. The second-order valence-electron chi connectivity index (χ2n) is 12.3. The van der Waals surface area contributed by atoms with Gasteiger partial charge in [-0.15, -0.1) is 0 Å². The van der Waals surface area contributed by atoms with Gasteiger partial charge in [-0.1, -0.05) is 115 Å². The van der Waals surface area contributed by atoms with E-state index in [2.05, 4.69) is 60.4 Å². The molecule has 234 valence electrons. The van der Waals surface area contributed by atoms with Crippen LogP contribution in [0.15, 0.2) is 109 Å². The summed E-state index contributed by atoms with van der Waals surface area (Å²) in [6.45, 7) is 0. The van der Waals surface area contributed by atoms with E-state index in [1.165, 1.54) is 11.9 Å². The third kappa shape index (κ3) is 6.95. The zero-order chi connectivity index (χ0) is 31.1. The number of rotatable bonds is 5. The van der Waals surface area contributed by atoms with Crippen LogP contribution in [0.3, 0.4) is 0 Å². The molecule has 0 saturated heterocycles. The van der Waals surface area contributed by atoms with Crippen molar-refractivity contribution in [3.05, 3.63) is 120 Å². The van der Waals surface area contributed by atoms with Crippen LogP contribution in [-0.2, 0) is 11.2 Å². The normalized spacial score (nSPS) is 25.4. The van der Waals surface area contributed by atoms with Crippen LogP contribution in [0.2, 0.25) is 0 Å². The SMILES string of the molecule is OC1(c2cccc(-c3ccccc3)c2)CCCCCC1n1cncn1.OC1(c2cccc(Br)c2)CCCCCC1n1cncn1. The predicted octanol–water partition coefficient (Wildman–Crippen LogP) is 7.77. The molecule has 4 atom stereocenters. The second kappa shape index (κ2) is 14.2. The van der Waals surface area contributed by atoms with E-state index in [1.54, 1.807) is 19.0 Å². The lowest BCUT2D eigenvalue weighted by atomic mass is 9.81. The highest BCUT2D eigenvalue weighted by molar-refractivity contribution is 9.10. The quantitative estimate of drug-likeness (QED) is 0.186. The largest absolute Gasteiger partial charge is 0.383 e. The summed E-state index contributed by atoms with van der Waals surface area (Å²) in [4.78, 5) is 8.13. The van der Waals surface area contributed by atoms with E-state index in [9.17, 15) is 10.2 Å². The maximum atomic E-state index is 11.7. The van der Waals surface area contributed by atoms with Gasteiger partial charge in [-0.2, -0.15) is 10.2 Å². The van der Waals surface area contributed by atoms with Crippen molar-refractivity contribution in [2.75, 3.05) is 0 Å². The number of benzene rings is 3. The van der Waals surface area contributed by atoms with Crippen LogP contribution >= 0.6 is 15.9 Å². The van der Waals surface area contributed by atoms with Crippen molar-refractivity contribution < 1.29 is 10.2 Å². The van der Waals surface area contributed by atoms with Crippen molar-refractivity contribution in [2.24, 2.45) is 0 Å². The molecule has 9 heteroatoms. The fourth-order valence-electron chi connectivity index (χ4n) is 7.12. The summed E-state index contributed by atoms with van der Waals surface area (Å²) in [5.41, 5.74) is 2.42. The number of nitrogens with zero attached hydrogens (tertiary/aromatic N) is 6. The van der Waals surface area contributed by atoms with Gasteiger partial charge >= 0.3 is 0 Å². The van der Waals surface area contributed by atoms with E-state index in [0.717, 1.165) is 85.4 Å². The van der Waals surface area contributed by atoms with Gasteiger partial charge in [0.25, 0.3) is 0 Å². The standard InChI is InChI=1S/C21H23N3O.C15H18BrN3O/c25-21(13-6-2-5-12-20(21)24-16-22-15-23-24)19-11-7-10-18(14-19)17-8-3-1-4-9-17;16-13-6-4-5-12(9-13)15(20)8-3-1-2-7-14(15)19-11-17-10-18-19/h1,3-4,7-11,14-16,20,25H,2,5-6,12-13H2;4-6,9-11,14,20H,1-3,7-8H2. The molecule has 45 heavy (non-hydrogen) atoms. The summed E-state index contributed by atoms with van der Waals surface area (Å²) in [6.07, 6.45) is 16.4. The summed E-state index contributed by atoms with van der Waals surface area (Å²) in [5.74, 6) is 0. The lowest BCUT2D eigenvalue weighted by molar-refractivity contribution is -0.0289. The minimum Gasteiger partial charge on any atom is -0.383 e. The van der Waals surface area contributed by atoms with Gasteiger partial charge in [0, 0.05) is 4.47 Å². The van der Waals surface area contributed by atoms with Gasteiger partial charge in [0.2, 0.25) is 0 Å². The first-order chi connectivity index (χ1) is 22.0. The molecule has 2 aliphatic rings. The first-order valence-corrected chi connectivity index (χ1v) is 16.8. The molecule has 0 amide bonds. The minimum atomic E-state index is -0.922. The summed E-state index contributed by atoms with van der Waals surface area (Å²) in [5, 5.41) is 31.7. The molecule has 2 aliphatic carbocycles. The Bertz CT molecular complexity index is 1630. The summed E-state index contributed by atoms with van der Waals surface area (Å²) >= 11 is 3.50. The molecule has 2 fully saturated rings. The number of hydrogen-bond acceptors (Lipinski definition) is 6. The van der Waals surface area contributed by atoms with Gasteiger partial charge in [-0.25, -0.2) is 19.3 Å². The Kier molecular flexibility index (Phi) is 9.88. The highest BCUT2D eigenvalue weighted by Crippen LogP contribution is 2.45. The Morgan fingerprint density at radius 3 is 1.67 bits per heavy atom. The highest BCUT2D eigenvalue weighted by atomic mass is 79.9. The molecule has 0 aliphatic heterocycles. The third-order valence-corrected chi connectivity index (χ3v) is 9.97. The molecule has 2 saturated carbocycles. The lowest BCUT2D eigenvalue weighted by Gasteiger charge is -2.35. The summed E-state index contributed by atoms with van der Waals surface area (Å²) in [6, 6.07) is 26.5. The summed E-state index contributed by atoms with van der Waals surface area (Å²) in [7, 11) is 0.